The van der Waals surface area contributed by atoms with Crippen molar-refractivity contribution in [2.75, 3.05) is 20.2 Å². The Bertz CT molecular complexity index is 551. The van der Waals surface area contributed by atoms with Gasteiger partial charge < -0.3 is 14.4 Å². The molecular weight excluding hydrogens is 268 g/mol. The number of rotatable bonds is 7. The number of benzene rings is 1. The molecule has 1 N–H and O–H groups in total. The van der Waals surface area contributed by atoms with Crippen molar-refractivity contribution in [2.24, 2.45) is 0 Å². The van der Waals surface area contributed by atoms with Crippen LogP contribution in [0.1, 0.15) is 17.0 Å². The summed E-state index contributed by atoms with van der Waals surface area (Å²) in [4.78, 5) is 1.99. The molecule has 1 atom stereocenters. The first-order chi connectivity index (χ1) is 10.0. The van der Waals surface area contributed by atoms with Crippen LogP contribution < -0.4 is 4.74 Å². The smallest absolute Gasteiger partial charge is 0.133 e. The topological polar surface area (TPSA) is 58.7 Å². The molecule has 0 amide bonds. The molecule has 1 aromatic carbocycles. The van der Waals surface area contributed by atoms with Crippen molar-refractivity contribution in [1.82, 2.24) is 10.1 Å². The van der Waals surface area contributed by atoms with E-state index < -0.39 is 6.10 Å². The maximum Gasteiger partial charge on any atom is 0.133 e. The molecule has 0 bridgehead atoms. The zero-order chi connectivity index (χ0) is 15.2. The average molecular weight is 290 g/mol. The van der Waals surface area contributed by atoms with Gasteiger partial charge in [-0.2, -0.15) is 0 Å². The second-order valence-electron chi connectivity index (χ2n) is 5.40. The van der Waals surface area contributed by atoms with Crippen LogP contribution in [0.15, 0.2) is 34.9 Å². The number of likely N-dealkylation sites (N-methyl/N-ethyl adjacent to an activating group) is 1. The highest BCUT2D eigenvalue weighted by Gasteiger charge is 2.11. The van der Waals surface area contributed by atoms with E-state index in [-0.39, 0.29) is 6.61 Å². The van der Waals surface area contributed by atoms with Gasteiger partial charge in [-0.15, -0.1) is 0 Å². The van der Waals surface area contributed by atoms with Crippen LogP contribution in [0.25, 0.3) is 0 Å². The molecule has 5 heteroatoms. The van der Waals surface area contributed by atoms with Crippen molar-refractivity contribution < 1.29 is 14.4 Å². The van der Waals surface area contributed by atoms with Gasteiger partial charge in [0.1, 0.15) is 24.2 Å². The molecule has 114 valence electrons. The van der Waals surface area contributed by atoms with Gasteiger partial charge in [-0.25, -0.2) is 0 Å². The zero-order valence-electron chi connectivity index (χ0n) is 12.7. The quantitative estimate of drug-likeness (QED) is 0.847. The Labute approximate surface area is 125 Å². The molecule has 0 saturated carbocycles. The second-order valence-corrected chi connectivity index (χ2v) is 5.40. The zero-order valence-corrected chi connectivity index (χ0v) is 12.7. The Hall–Kier alpha value is -1.85. The summed E-state index contributed by atoms with van der Waals surface area (Å²) in [6, 6.07) is 9.68. The number of hydrogen-bond acceptors (Lipinski definition) is 5. The molecule has 21 heavy (non-hydrogen) atoms. The normalized spacial score (nSPS) is 12.6. The van der Waals surface area contributed by atoms with Crippen molar-refractivity contribution in [3.63, 3.8) is 0 Å². The van der Waals surface area contributed by atoms with E-state index in [2.05, 4.69) is 5.16 Å². The first-order valence-electron chi connectivity index (χ1n) is 7.01. The molecule has 0 spiro atoms. The van der Waals surface area contributed by atoms with Crippen LogP contribution in [0.3, 0.4) is 0 Å². The van der Waals surface area contributed by atoms with Gasteiger partial charge in [0.25, 0.3) is 0 Å². The number of nitrogens with zero attached hydrogens (tertiary/aromatic N) is 2. The van der Waals surface area contributed by atoms with E-state index in [9.17, 15) is 5.11 Å². The highest BCUT2D eigenvalue weighted by atomic mass is 16.5. The number of aryl methyl sites for hydroxylation is 2. The summed E-state index contributed by atoms with van der Waals surface area (Å²) >= 11 is 0. The maximum absolute atomic E-state index is 10.0. The lowest BCUT2D eigenvalue weighted by Gasteiger charge is -2.19. The molecular formula is C16H22N2O3. The molecule has 0 radical (unpaired) electrons. The minimum Gasteiger partial charge on any atom is -0.491 e. The number of hydrogen-bond donors (Lipinski definition) is 1. The lowest BCUT2D eigenvalue weighted by molar-refractivity contribution is 0.0737. The van der Waals surface area contributed by atoms with E-state index in [1.165, 1.54) is 5.56 Å². The summed E-state index contributed by atoms with van der Waals surface area (Å²) in [5.41, 5.74) is 2.05. The fourth-order valence-corrected chi connectivity index (χ4v) is 2.07. The number of ether oxygens (including phenoxy) is 1. The summed E-state index contributed by atoms with van der Waals surface area (Å²) in [5.74, 6) is 1.57. The number of aliphatic hydroxyl groups excluding tert-OH is 1. The lowest BCUT2D eigenvalue weighted by Crippen LogP contribution is -2.32. The van der Waals surface area contributed by atoms with Gasteiger partial charge in [0.05, 0.1) is 5.69 Å². The van der Waals surface area contributed by atoms with Gasteiger partial charge in [0.2, 0.25) is 0 Å². The average Bonchev–Trinajstić information content (AvgIpc) is 2.83. The van der Waals surface area contributed by atoms with E-state index in [0.717, 1.165) is 17.2 Å². The van der Waals surface area contributed by atoms with Crippen LogP contribution in [-0.4, -0.2) is 41.5 Å². The van der Waals surface area contributed by atoms with Crippen molar-refractivity contribution in [3.05, 3.63) is 47.3 Å². The van der Waals surface area contributed by atoms with Crippen LogP contribution in [0.5, 0.6) is 5.75 Å². The fourth-order valence-electron chi connectivity index (χ4n) is 2.07. The Morgan fingerprint density at radius 3 is 2.62 bits per heavy atom. The molecule has 2 rings (SSSR count). The van der Waals surface area contributed by atoms with E-state index in [4.69, 9.17) is 9.26 Å². The molecule has 0 aliphatic rings. The van der Waals surface area contributed by atoms with E-state index in [1.54, 1.807) is 0 Å². The molecule has 1 heterocycles. The lowest BCUT2D eigenvalue weighted by atomic mass is 10.2. The Balaban J connectivity index is 1.73. The third-order valence-electron chi connectivity index (χ3n) is 3.09. The largest absolute Gasteiger partial charge is 0.491 e. The maximum atomic E-state index is 10.0. The van der Waals surface area contributed by atoms with Gasteiger partial charge in [0.15, 0.2) is 0 Å². The first kappa shape index (κ1) is 15.5. The van der Waals surface area contributed by atoms with Crippen molar-refractivity contribution >= 4 is 0 Å². The molecule has 1 aromatic heterocycles. The van der Waals surface area contributed by atoms with Gasteiger partial charge in [-0.05, 0) is 33.0 Å². The van der Waals surface area contributed by atoms with E-state index in [0.29, 0.717) is 13.1 Å². The Morgan fingerprint density at radius 2 is 2.00 bits per heavy atom. The fraction of sp³-hybridized carbons (Fsp3) is 0.438. The van der Waals surface area contributed by atoms with Crippen LogP contribution in [0.4, 0.5) is 0 Å². The van der Waals surface area contributed by atoms with Crippen LogP contribution in [0.2, 0.25) is 0 Å². The molecule has 5 nitrogen and oxygen atoms in total. The molecule has 0 saturated heterocycles. The molecule has 0 aliphatic carbocycles. The van der Waals surface area contributed by atoms with Gasteiger partial charge in [-0.1, -0.05) is 22.9 Å². The summed E-state index contributed by atoms with van der Waals surface area (Å²) in [6.45, 7) is 5.31. The summed E-state index contributed by atoms with van der Waals surface area (Å²) in [5, 5.41) is 13.9. The highest BCUT2D eigenvalue weighted by Crippen LogP contribution is 2.12. The first-order valence-corrected chi connectivity index (χ1v) is 7.01. The van der Waals surface area contributed by atoms with Crippen LogP contribution in [0, 0.1) is 13.8 Å². The SMILES string of the molecule is Cc1ccc(OCC(O)CN(C)Cc2cc(C)on2)cc1. The minimum atomic E-state index is -0.552. The molecule has 0 fully saturated rings. The molecule has 1 unspecified atom stereocenters. The summed E-state index contributed by atoms with van der Waals surface area (Å²) < 4.78 is 10.6. The van der Waals surface area contributed by atoms with Crippen molar-refractivity contribution in [2.45, 2.75) is 26.5 Å². The summed E-state index contributed by atoms with van der Waals surface area (Å²) in [7, 11) is 1.93. The Kier molecular flexibility index (Phi) is 5.36. The van der Waals surface area contributed by atoms with E-state index >= 15 is 0 Å². The monoisotopic (exact) mass is 290 g/mol. The Morgan fingerprint density at radius 1 is 1.29 bits per heavy atom. The second kappa shape index (κ2) is 7.24. The van der Waals surface area contributed by atoms with Crippen molar-refractivity contribution in [1.29, 1.82) is 0 Å². The van der Waals surface area contributed by atoms with E-state index in [1.807, 2.05) is 56.1 Å². The minimum absolute atomic E-state index is 0.269. The molecule has 0 aliphatic heterocycles. The van der Waals surface area contributed by atoms with Crippen LogP contribution in [-0.2, 0) is 6.54 Å². The standard InChI is InChI=1S/C16H22N2O3/c1-12-4-6-16(7-5-12)20-11-15(19)10-18(3)9-14-8-13(2)21-17-14/h4-8,15,19H,9-11H2,1-3H3. The van der Waals surface area contributed by atoms with Gasteiger partial charge in [0, 0.05) is 19.2 Å². The molecule has 2 aromatic rings. The van der Waals surface area contributed by atoms with Gasteiger partial charge in [-0.3, -0.25) is 4.90 Å². The predicted octanol–water partition coefficient (Wildman–Crippen LogP) is 2.16. The van der Waals surface area contributed by atoms with Crippen LogP contribution >= 0.6 is 0 Å². The predicted molar refractivity (Wildman–Crippen MR) is 80.3 cm³/mol. The highest BCUT2D eigenvalue weighted by molar-refractivity contribution is 5.26. The third kappa shape index (κ3) is 5.21. The third-order valence-corrected chi connectivity index (χ3v) is 3.09. The van der Waals surface area contributed by atoms with Crippen molar-refractivity contribution in [3.8, 4) is 5.75 Å². The van der Waals surface area contributed by atoms with Gasteiger partial charge >= 0.3 is 0 Å². The summed E-state index contributed by atoms with van der Waals surface area (Å²) in [6.07, 6.45) is -0.552. The number of aliphatic hydroxyl groups is 1. The number of aromatic nitrogens is 1.